The molecule has 0 unspecified atom stereocenters. The maximum atomic E-state index is 13.1. The zero-order valence-electron chi connectivity index (χ0n) is 19.9. The number of hydrogen-bond donors (Lipinski definition) is 0. The molecule has 1 saturated heterocycles. The Balaban J connectivity index is 1.67. The lowest BCUT2D eigenvalue weighted by Crippen LogP contribution is -2.39. The van der Waals surface area contributed by atoms with Crippen molar-refractivity contribution in [1.29, 1.82) is 0 Å². The second kappa shape index (κ2) is 11.4. The molecule has 4 rings (SSSR count). The normalized spacial score (nSPS) is 13.9. The van der Waals surface area contributed by atoms with Gasteiger partial charge in [0, 0.05) is 41.5 Å². The van der Waals surface area contributed by atoms with Crippen molar-refractivity contribution >= 4 is 27.4 Å². The Labute approximate surface area is 213 Å². The second-order valence-electron chi connectivity index (χ2n) is 7.96. The van der Waals surface area contributed by atoms with Crippen LogP contribution >= 0.6 is 15.9 Å². The molecule has 1 aliphatic rings. The Morgan fingerprint density at radius 3 is 2.34 bits per heavy atom. The summed E-state index contributed by atoms with van der Waals surface area (Å²) in [6.45, 7) is 4.17. The monoisotopic (exact) mass is 538 g/mol. The summed E-state index contributed by atoms with van der Waals surface area (Å²) in [6, 6.07) is 15.1. The molecular weight excluding hydrogens is 512 g/mol. The quantitative estimate of drug-likeness (QED) is 0.382. The summed E-state index contributed by atoms with van der Waals surface area (Å²) in [5.41, 5.74) is 3.30. The van der Waals surface area contributed by atoms with E-state index in [9.17, 15) is 4.79 Å². The van der Waals surface area contributed by atoms with E-state index in [2.05, 4.69) is 20.9 Å². The lowest BCUT2D eigenvalue weighted by atomic mass is 9.98. The highest BCUT2D eigenvalue weighted by Crippen LogP contribution is 2.34. The van der Waals surface area contributed by atoms with Crippen molar-refractivity contribution in [2.75, 3.05) is 40.5 Å². The van der Waals surface area contributed by atoms with E-state index in [1.165, 1.54) is 0 Å². The Kier molecular flexibility index (Phi) is 8.05. The summed E-state index contributed by atoms with van der Waals surface area (Å²) in [5.74, 6) is 2.30. The van der Waals surface area contributed by atoms with Gasteiger partial charge in [-0.05, 0) is 60.0 Å². The van der Waals surface area contributed by atoms with Gasteiger partial charge < -0.3 is 23.8 Å². The Hall–Kier alpha value is -3.36. The van der Waals surface area contributed by atoms with Crippen LogP contribution in [0.4, 0.5) is 0 Å². The number of halogens is 1. The fourth-order valence-corrected chi connectivity index (χ4v) is 4.25. The minimum Gasteiger partial charge on any atom is -0.493 e. The molecule has 35 heavy (non-hydrogen) atoms. The summed E-state index contributed by atoms with van der Waals surface area (Å²) < 4.78 is 23.2. The van der Waals surface area contributed by atoms with Crippen LogP contribution in [0, 0.1) is 6.92 Å². The van der Waals surface area contributed by atoms with Gasteiger partial charge in [0.2, 0.25) is 11.8 Å². The van der Waals surface area contributed by atoms with Crippen LogP contribution in [-0.2, 0) is 9.53 Å². The van der Waals surface area contributed by atoms with Gasteiger partial charge in [0.1, 0.15) is 5.75 Å². The molecule has 0 N–H and O–H groups in total. The number of rotatable bonds is 7. The Morgan fingerprint density at radius 1 is 0.971 bits per heavy atom. The molecule has 0 bridgehead atoms. The van der Waals surface area contributed by atoms with Crippen molar-refractivity contribution in [2.24, 2.45) is 0 Å². The fraction of sp³-hybridized carbons (Fsp3) is 0.259. The van der Waals surface area contributed by atoms with Crippen molar-refractivity contribution in [3.63, 3.8) is 0 Å². The average molecular weight is 539 g/mol. The van der Waals surface area contributed by atoms with Crippen LogP contribution in [0.25, 0.3) is 5.57 Å². The first-order valence-electron chi connectivity index (χ1n) is 11.2. The van der Waals surface area contributed by atoms with E-state index in [-0.39, 0.29) is 5.91 Å². The van der Waals surface area contributed by atoms with Crippen molar-refractivity contribution in [1.82, 2.24) is 9.88 Å². The highest BCUT2D eigenvalue weighted by molar-refractivity contribution is 9.10. The molecule has 1 fully saturated rings. The second-order valence-corrected chi connectivity index (χ2v) is 8.88. The third kappa shape index (κ3) is 6.01. The van der Waals surface area contributed by atoms with Crippen LogP contribution in [0.2, 0.25) is 0 Å². The number of nitrogens with zero attached hydrogens (tertiary/aromatic N) is 2. The molecule has 1 aromatic heterocycles. The molecule has 0 atom stereocenters. The standard InChI is InChI=1S/C27H27BrN2O5/c1-18-14-21(28)6-8-23(18)35-26-9-5-20(17-29-26)22(16-27(31)30-10-12-34-13-11-30)19-4-7-24(32-2)25(15-19)33-3/h4-9,14-17H,10-13H2,1-3H3/b22-16+. The first kappa shape index (κ1) is 24.8. The van der Waals surface area contributed by atoms with Gasteiger partial charge in [0.25, 0.3) is 0 Å². The van der Waals surface area contributed by atoms with Crippen molar-refractivity contribution in [3.8, 4) is 23.1 Å². The zero-order valence-corrected chi connectivity index (χ0v) is 21.5. The van der Waals surface area contributed by atoms with Crippen LogP contribution in [0.15, 0.2) is 65.3 Å². The molecule has 2 aromatic carbocycles. The van der Waals surface area contributed by atoms with E-state index >= 15 is 0 Å². The molecule has 1 amide bonds. The number of methoxy groups -OCH3 is 2. The summed E-state index contributed by atoms with van der Waals surface area (Å²) in [5, 5.41) is 0. The van der Waals surface area contributed by atoms with Gasteiger partial charge >= 0.3 is 0 Å². The van der Waals surface area contributed by atoms with Gasteiger partial charge in [0.15, 0.2) is 11.5 Å². The van der Waals surface area contributed by atoms with Gasteiger partial charge in [-0.25, -0.2) is 4.98 Å². The summed E-state index contributed by atoms with van der Waals surface area (Å²) in [4.78, 5) is 19.4. The number of aryl methyl sites for hydroxylation is 1. The number of amides is 1. The van der Waals surface area contributed by atoms with Crippen molar-refractivity contribution in [3.05, 3.63) is 82.0 Å². The molecule has 1 aliphatic heterocycles. The van der Waals surface area contributed by atoms with E-state index in [0.717, 1.165) is 32.5 Å². The van der Waals surface area contributed by atoms with Crippen LogP contribution < -0.4 is 14.2 Å². The predicted octanol–water partition coefficient (Wildman–Crippen LogP) is 5.25. The smallest absolute Gasteiger partial charge is 0.247 e. The molecular formula is C27H27BrN2O5. The molecule has 182 valence electrons. The van der Waals surface area contributed by atoms with Crippen LogP contribution in [0.5, 0.6) is 23.1 Å². The largest absolute Gasteiger partial charge is 0.493 e. The van der Waals surface area contributed by atoms with Gasteiger partial charge in [-0.3, -0.25) is 4.79 Å². The summed E-state index contributed by atoms with van der Waals surface area (Å²) in [7, 11) is 3.17. The van der Waals surface area contributed by atoms with Gasteiger partial charge in [-0.15, -0.1) is 0 Å². The first-order valence-corrected chi connectivity index (χ1v) is 12.0. The number of morpholine rings is 1. The maximum absolute atomic E-state index is 13.1. The highest BCUT2D eigenvalue weighted by Gasteiger charge is 2.18. The topological polar surface area (TPSA) is 70.1 Å². The molecule has 0 radical (unpaired) electrons. The SMILES string of the molecule is COc1ccc(/C(=C\C(=O)N2CCOCC2)c2ccc(Oc3ccc(Br)cc3C)nc2)cc1OC. The molecule has 8 heteroatoms. The van der Waals surface area contributed by atoms with Crippen LogP contribution in [0.3, 0.4) is 0 Å². The van der Waals surface area contributed by atoms with Crippen LogP contribution in [0.1, 0.15) is 16.7 Å². The van der Waals surface area contributed by atoms with Crippen molar-refractivity contribution in [2.45, 2.75) is 6.92 Å². The fourth-order valence-electron chi connectivity index (χ4n) is 3.78. The number of carbonyl (C=O) groups is 1. The minimum atomic E-state index is -0.0797. The molecule has 7 nitrogen and oxygen atoms in total. The number of aromatic nitrogens is 1. The third-order valence-electron chi connectivity index (χ3n) is 5.68. The molecule has 0 aliphatic carbocycles. The van der Waals surface area contributed by atoms with Gasteiger partial charge in [-0.2, -0.15) is 0 Å². The highest BCUT2D eigenvalue weighted by atomic mass is 79.9. The van der Waals surface area contributed by atoms with E-state index in [4.69, 9.17) is 18.9 Å². The lowest BCUT2D eigenvalue weighted by molar-refractivity contribution is -0.129. The lowest BCUT2D eigenvalue weighted by Gasteiger charge is -2.26. The van der Waals surface area contributed by atoms with E-state index in [0.29, 0.717) is 43.7 Å². The number of ether oxygens (including phenoxy) is 4. The summed E-state index contributed by atoms with van der Waals surface area (Å²) in [6.07, 6.45) is 3.35. The summed E-state index contributed by atoms with van der Waals surface area (Å²) >= 11 is 3.46. The van der Waals surface area contributed by atoms with E-state index < -0.39 is 0 Å². The van der Waals surface area contributed by atoms with Gasteiger partial charge in [0.05, 0.1) is 27.4 Å². The number of benzene rings is 2. The average Bonchev–Trinajstić information content (AvgIpc) is 2.89. The Bertz CT molecular complexity index is 1220. The van der Waals surface area contributed by atoms with Gasteiger partial charge in [-0.1, -0.05) is 22.0 Å². The minimum absolute atomic E-state index is 0.0797. The zero-order chi connectivity index (χ0) is 24.8. The molecule has 2 heterocycles. The molecule has 0 spiro atoms. The van der Waals surface area contributed by atoms with Crippen LogP contribution in [-0.4, -0.2) is 56.3 Å². The van der Waals surface area contributed by atoms with E-state index in [1.807, 2.05) is 49.4 Å². The number of pyridine rings is 1. The molecule has 0 saturated carbocycles. The number of hydrogen-bond acceptors (Lipinski definition) is 6. The third-order valence-corrected chi connectivity index (χ3v) is 6.18. The van der Waals surface area contributed by atoms with E-state index in [1.54, 1.807) is 37.5 Å². The number of carbonyl (C=O) groups excluding carboxylic acids is 1. The first-order chi connectivity index (χ1) is 17.0. The molecule has 3 aromatic rings. The Morgan fingerprint density at radius 2 is 1.69 bits per heavy atom. The maximum Gasteiger partial charge on any atom is 0.247 e. The predicted molar refractivity (Wildman–Crippen MR) is 137 cm³/mol. The van der Waals surface area contributed by atoms with Crippen molar-refractivity contribution < 1.29 is 23.7 Å².